The van der Waals surface area contributed by atoms with Crippen LogP contribution in [-0.4, -0.2) is 33.3 Å². The number of piperidine rings is 1. The molecule has 1 saturated carbocycles. The Morgan fingerprint density at radius 3 is 2.62 bits per heavy atom. The van der Waals surface area contributed by atoms with E-state index in [-0.39, 0.29) is 0 Å². The van der Waals surface area contributed by atoms with E-state index in [9.17, 15) is 0 Å². The van der Waals surface area contributed by atoms with Gasteiger partial charge in [-0.1, -0.05) is 12.8 Å². The Morgan fingerprint density at radius 2 is 1.90 bits per heavy atom. The van der Waals surface area contributed by atoms with Crippen molar-refractivity contribution in [3.63, 3.8) is 0 Å². The fourth-order valence-electron chi connectivity index (χ4n) is 3.94. The average molecular weight is 287 g/mol. The van der Waals surface area contributed by atoms with E-state index in [0.717, 1.165) is 29.9 Å². The molecule has 7 heteroatoms. The van der Waals surface area contributed by atoms with E-state index in [4.69, 9.17) is 5.84 Å². The van der Waals surface area contributed by atoms with E-state index in [0.29, 0.717) is 11.4 Å². The maximum absolute atomic E-state index is 5.47. The van der Waals surface area contributed by atoms with Gasteiger partial charge in [0.15, 0.2) is 5.65 Å². The van der Waals surface area contributed by atoms with Gasteiger partial charge in [-0.3, -0.25) is 10.5 Å². The van der Waals surface area contributed by atoms with Crippen molar-refractivity contribution in [1.29, 1.82) is 0 Å². The van der Waals surface area contributed by atoms with E-state index < -0.39 is 0 Å². The second-order valence-corrected chi connectivity index (χ2v) is 6.34. The summed E-state index contributed by atoms with van der Waals surface area (Å²) in [4.78, 5) is 11.2. The monoisotopic (exact) mass is 287 g/mol. The standard InChI is InChI=1S/C14H21N7/c15-19-13-17-11-10(9-16-20-11)12(18-13)21-7-5-14(6-8-21)3-1-2-4-14/h9H,1-8,15H2,(H2,16,17,18,19,20). The first-order valence-corrected chi connectivity index (χ1v) is 7.72. The van der Waals surface area contributed by atoms with Crippen LogP contribution in [0, 0.1) is 5.41 Å². The molecule has 1 aliphatic carbocycles. The van der Waals surface area contributed by atoms with Crippen LogP contribution in [0.1, 0.15) is 38.5 Å². The highest BCUT2D eigenvalue weighted by Gasteiger charge is 2.37. The third-order valence-electron chi connectivity index (χ3n) is 5.21. The van der Waals surface area contributed by atoms with Crippen molar-refractivity contribution >= 4 is 22.8 Å². The molecule has 0 radical (unpaired) electrons. The smallest absolute Gasteiger partial charge is 0.241 e. The van der Waals surface area contributed by atoms with E-state index in [1.807, 2.05) is 0 Å². The molecule has 4 N–H and O–H groups in total. The highest BCUT2D eigenvalue weighted by atomic mass is 15.3. The summed E-state index contributed by atoms with van der Waals surface area (Å²) in [6.45, 7) is 2.11. The van der Waals surface area contributed by atoms with Crippen LogP contribution in [0.25, 0.3) is 11.0 Å². The number of fused-ring (bicyclic) bond motifs is 1. The van der Waals surface area contributed by atoms with Gasteiger partial charge in [0.05, 0.1) is 11.6 Å². The number of aromatic nitrogens is 4. The molecule has 1 saturated heterocycles. The first kappa shape index (κ1) is 12.8. The number of H-pyrrole nitrogens is 1. The molecule has 3 heterocycles. The van der Waals surface area contributed by atoms with Gasteiger partial charge in [0, 0.05) is 13.1 Å². The zero-order valence-corrected chi connectivity index (χ0v) is 12.1. The summed E-state index contributed by atoms with van der Waals surface area (Å²) in [7, 11) is 0. The lowest BCUT2D eigenvalue weighted by atomic mass is 9.77. The van der Waals surface area contributed by atoms with Crippen LogP contribution < -0.4 is 16.2 Å². The Balaban J connectivity index is 1.63. The van der Waals surface area contributed by atoms with E-state index >= 15 is 0 Å². The molecular formula is C14H21N7. The lowest BCUT2D eigenvalue weighted by Gasteiger charge is -2.40. The maximum Gasteiger partial charge on any atom is 0.241 e. The molecule has 0 amide bonds. The second kappa shape index (κ2) is 4.84. The summed E-state index contributed by atoms with van der Waals surface area (Å²) >= 11 is 0. The van der Waals surface area contributed by atoms with E-state index in [1.165, 1.54) is 38.5 Å². The number of hydrogen-bond acceptors (Lipinski definition) is 6. The van der Waals surface area contributed by atoms with Crippen molar-refractivity contribution in [3.05, 3.63) is 6.20 Å². The Hall–Kier alpha value is -1.89. The highest BCUT2D eigenvalue weighted by Crippen LogP contribution is 2.46. The van der Waals surface area contributed by atoms with Crippen LogP contribution >= 0.6 is 0 Å². The molecule has 2 aliphatic rings. The second-order valence-electron chi connectivity index (χ2n) is 6.34. The van der Waals surface area contributed by atoms with Gasteiger partial charge in [-0.2, -0.15) is 15.1 Å². The predicted octanol–water partition coefficient (Wildman–Crippen LogP) is 1.80. The molecule has 2 fully saturated rings. The van der Waals surface area contributed by atoms with Crippen LogP contribution in [0.5, 0.6) is 0 Å². The molecule has 0 unspecified atom stereocenters. The van der Waals surface area contributed by atoms with E-state index in [2.05, 4.69) is 30.5 Å². The summed E-state index contributed by atoms with van der Waals surface area (Å²) in [6.07, 6.45) is 9.94. The summed E-state index contributed by atoms with van der Waals surface area (Å²) < 4.78 is 0. The minimum absolute atomic E-state index is 0.433. The van der Waals surface area contributed by atoms with Gasteiger partial charge in [0.2, 0.25) is 5.95 Å². The lowest BCUT2D eigenvalue weighted by molar-refractivity contribution is 0.226. The Morgan fingerprint density at radius 1 is 1.14 bits per heavy atom. The number of anilines is 2. The number of hydrazine groups is 1. The first-order valence-electron chi connectivity index (χ1n) is 7.72. The van der Waals surface area contributed by atoms with Crippen LogP contribution in [0.15, 0.2) is 6.20 Å². The third kappa shape index (κ3) is 2.12. The molecular weight excluding hydrogens is 266 g/mol. The summed E-state index contributed by atoms with van der Waals surface area (Å²) in [5.41, 5.74) is 3.88. The van der Waals surface area contributed by atoms with Gasteiger partial charge in [-0.05, 0) is 31.1 Å². The van der Waals surface area contributed by atoms with Crippen LogP contribution in [0.4, 0.5) is 11.8 Å². The van der Waals surface area contributed by atoms with Gasteiger partial charge in [-0.15, -0.1) is 0 Å². The maximum atomic E-state index is 5.47. The van der Waals surface area contributed by atoms with Gasteiger partial charge in [-0.25, -0.2) is 5.84 Å². The topological polar surface area (TPSA) is 95.7 Å². The zero-order chi connectivity index (χ0) is 14.3. The number of hydrogen-bond donors (Lipinski definition) is 3. The van der Waals surface area contributed by atoms with Gasteiger partial charge in [0.1, 0.15) is 5.82 Å². The number of rotatable bonds is 2. The first-order chi connectivity index (χ1) is 10.3. The molecule has 0 bridgehead atoms. The molecule has 21 heavy (non-hydrogen) atoms. The van der Waals surface area contributed by atoms with Crippen molar-refractivity contribution in [2.24, 2.45) is 11.3 Å². The van der Waals surface area contributed by atoms with Crippen LogP contribution in [0.3, 0.4) is 0 Å². The largest absolute Gasteiger partial charge is 0.356 e. The Bertz CT molecular complexity index is 634. The van der Waals surface area contributed by atoms with Gasteiger partial charge < -0.3 is 4.90 Å². The van der Waals surface area contributed by atoms with Gasteiger partial charge >= 0.3 is 0 Å². The summed E-state index contributed by atoms with van der Waals surface area (Å²) in [5, 5.41) is 7.95. The fraction of sp³-hybridized carbons (Fsp3) is 0.643. The van der Waals surface area contributed by atoms with Crippen molar-refractivity contribution in [2.45, 2.75) is 38.5 Å². The van der Waals surface area contributed by atoms with Crippen LogP contribution in [-0.2, 0) is 0 Å². The zero-order valence-electron chi connectivity index (χ0n) is 12.1. The normalized spacial score (nSPS) is 21.3. The molecule has 2 aromatic heterocycles. The number of nitrogens with two attached hydrogens (primary N) is 1. The van der Waals surface area contributed by atoms with Gasteiger partial charge in [0.25, 0.3) is 0 Å². The minimum Gasteiger partial charge on any atom is -0.356 e. The molecule has 1 aliphatic heterocycles. The Labute approximate surface area is 123 Å². The average Bonchev–Trinajstić information content (AvgIpc) is 3.16. The predicted molar refractivity (Wildman–Crippen MR) is 81.8 cm³/mol. The lowest BCUT2D eigenvalue weighted by Crippen LogP contribution is -2.39. The van der Waals surface area contributed by atoms with Crippen molar-refractivity contribution in [3.8, 4) is 0 Å². The third-order valence-corrected chi connectivity index (χ3v) is 5.21. The fourth-order valence-corrected chi connectivity index (χ4v) is 3.94. The highest BCUT2D eigenvalue weighted by molar-refractivity contribution is 5.87. The van der Waals surface area contributed by atoms with Crippen molar-refractivity contribution < 1.29 is 0 Å². The van der Waals surface area contributed by atoms with Crippen molar-refractivity contribution in [2.75, 3.05) is 23.4 Å². The summed E-state index contributed by atoms with van der Waals surface area (Å²) in [6, 6.07) is 0. The molecule has 112 valence electrons. The number of nitrogens with zero attached hydrogens (tertiary/aromatic N) is 4. The minimum atomic E-state index is 0.433. The van der Waals surface area contributed by atoms with Crippen LogP contribution in [0.2, 0.25) is 0 Å². The molecule has 4 rings (SSSR count). The van der Waals surface area contributed by atoms with E-state index in [1.54, 1.807) is 6.20 Å². The SMILES string of the molecule is NNc1nc(N2CCC3(CCCC3)CC2)c2cn[nH]c2n1. The number of aromatic amines is 1. The summed E-state index contributed by atoms with van der Waals surface area (Å²) in [5.74, 6) is 6.85. The number of nitrogens with one attached hydrogen (secondary N) is 2. The molecule has 1 spiro atoms. The molecule has 2 aromatic rings. The molecule has 0 atom stereocenters. The molecule has 0 aromatic carbocycles. The van der Waals surface area contributed by atoms with Crippen molar-refractivity contribution in [1.82, 2.24) is 20.2 Å². The quantitative estimate of drug-likeness (QED) is 0.576. The number of nitrogen functional groups attached to an aromatic ring is 1. The molecule has 7 nitrogen and oxygen atoms in total. The Kier molecular flexibility index (Phi) is 2.95.